The van der Waals surface area contributed by atoms with Crippen molar-refractivity contribution in [3.8, 4) is 0 Å². The van der Waals surface area contributed by atoms with Crippen molar-refractivity contribution in [1.29, 1.82) is 0 Å². The quantitative estimate of drug-likeness (QED) is 0.798. The SMILES string of the molecule is CC1c2cccn2CCN1Cc1ccc(Cl)cc1Cl. The van der Waals surface area contributed by atoms with Crippen LogP contribution in [0.25, 0.3) is 0 Å². The second kappa shape index (κ2) is 5.20. The number of rotatable bonds is 2. The summed E-state index contributed by atoms with van der Waals surface area (Å²) in [6, 6.07) is 10.5. The summed E-state index contributed by atoms with van der Waals surface area (Å²) in [6.45, 7) is 5.19. The molecule has 1 aromatic heterocycles. The Morgan fingerprint density at radius 2 is 2.05 bits per heavy atom. The molecule has 0 saturated carbocycles. The van der Waals surface area contributed by atoms with E-state index in [2.05, 4.69) is 34.7 Å². The van der Waals surface area contributed by atoms with Gasteiger partial charge in [0.25, 0.3) is 0 Å². The maximum Gasteiger partial charge on any atom is 0.0476 e. The van der Waals surface area contributed by atoms with Gasteiger partial charge in [0.2, 0.25) is 0 Å². The van der Waals surface area contributed by atoms with E-state index in [1.54, 1.807) is 0 Å². The fourth-order valence-electron chi connectivity index (χ4n) is 2.71. The highest BCUT2D eigenvalue weighted by atomic mass is 35.5. The first-order valence-corrected chi connectivity index (χ1v) is 7.24. The normalized spacial score (nSPS) is 19.4. The van der Waals surface area contributed by atoms with Gasteiger partial charge in [-0.1, -0.05) is 29.3 Å². The van der Waals surface area contributed by atoms with Crippen molar-refractivity contribution in [3.63, 3.8) is 0 Å². The second-order valence-corrected chi connectivity index (χ2v) is 5.85. The molecule has 2 aromatic rings. The summed E-state index contributed by atoms with van der Waals surface area (Å²) in [6.07, 6.45) is 2.15. The first-order chi connectivity index (χ1) is 9.15. The molecule has 2 heterocycles. The van der Waals surface area contributed by atoms with Crippen LogP contribution in [0, 0.1) is 0 Å². The van der Waals surface area contributed by atoms with Gasteiger partial charge in [-0.2, -0.15) is 0 Å². The molecule has 1 aliphatic heterocycles. The highest BCUT2D eigenvalue weighted by molar-refractivity contribution is 6.35. The number of halogens is 2. The molecule has 1 atom stereocenters. The molecule has 0 aliphatic carbocycles. The van der Waals surface area contributed by atoms with Crippen LogP contribution in [0.15, 0.2) is 36.5 Å². The first kappa shape index (κ1) is 13.0. The van der Waals surface area contributed by atoms with Crippen LogP contribution < -0.4 is 0 Å². The second-order valence-electron chi connectivity index (χ2n) is 5.01. The molecule has 0 spiro atoms. The van der Waals surface area contributed by atoms with Crippen molar-refractivity contribution < 1.29 is 0 Å². The fraction of sp³-hybridized carbons (Fsp3) is 0.333. The largest absolute Gasteiger partial charge is 0.349 e. The van der Waals surface area contributed by atoms with E-state index in [0.29, 0.717) is 11.1 Å². The van der Waals surface area contributed by atoms with Gasteiger partial charge in [0.05, 0.1) is 0 Å². The van der Waals surface area contributed by atoms with Crippen LogP contribution in [-0.2, 0) is 13.1 Å². The monoisotopic (exact) mass is 294 g/mol. The van der Waals surface area contributed by atoms with E-state index in [4.69, 9.17) is 23.2 Å². The summed E-state index contributed by atoms with van der Waals surface area (Å²) in [7, 11) is 0. The molecule has 3 rings (SSSR count). The van der Waals surface area contributed by atoms with Crippen molar-refractivity contribution in [2.24, 2.45) is 0 Å². The van der Waals surface area contributed by atoms with E-state index in [9.17, 15) is 0 Å². The minimum atomic E-state index is 0.412. The standard InChI is InChI=1S/C15H16Cl2N2/c1-11-15-3-2-6-18(15)7-8-19(11)10-12-4-5-13(16)9-14(12)17/h2-6,9,11H,7-8,10H2,1H3. The number of hydrogen-bond donors (Lipinski definition) is 0. The van der Waals surface area contributed by atoms with Gasteiger partial charge < -0.3 is 4.57 Å². The Bertz CT molecular complexity index is 592. The van der Waals surface area contributed by atoms with Crippen molar-refractivity contribution in [1.82, 2.24) is 9.47 Å². The van der Waals surface area contributed by atoms with Gasteiger partial charge >= 0.3 is 0 Å². The Kier molecular flexibility index (Phi) is 3.57. The number of aromatic nitrogens is 1. The maximum atomic E-state index is 6.26. The van der Waals surface area contributed by atoms with Gasteiger partial charge in [-0.25, -0.2) is 0 Å². The highest BCUT2D eigenvalue weighted by Gasteiger charge is 2.23. The third kappa shape index (κ3) is 2.53. The summed E-state index contributed by atoms with van der Waals surface area (Å²) in [4.78, 5) is 2.45. The topological polar surface area (TPSA) is 8.17 Å². The molecule has 1 aromatic carbocycles. The van der Waals surface area contributed by atoms with E-state index in [0.717, 1.165) is 30.2 Å². The summed E-state index contributed by atoms with van der Waals surface area (Å²) in [5, 5.41) is 1.44. The Balaban J connectivity index is 1.81. The molecule has 0 bridgehead atoms. The molecule has 2 nitrogen and oxygen atoms in total. The Hall–Kier alpha value is -0.960. The molecule has 4 heteroatoms. The Morgan fingerprint density at radius 1 is 1.21 bits per heavy atom. The molecule has 0 amide bonds. The van der Waals surface area contributed by atoms with Crippen LogP contribution in [-0.4, -0.2) is 16.0 Å². The summed E-state index contributed by atoms with van der Waals surface area (Å²) in [5.41, 5.74) is 2.51. The molecule has 0 N–H and O–H groups in total. The summed E-state index contributed by atoms with van der Waals surface area (Å²) in [5.74, 6) is 0. The molecule has 1 aliphatic rings. The van der Waals surface area contributed by atoms with E-state index in [1.165, 1.54) is 5.69 Å². The van der Waals surface area contributed by atoms with E-state index in [1.807, 2.05) is 18.2 Å². The first-order valence-electron chi connectivity index (χ1n) is 6.48. The van der Waals surface area contributed by atoms with Gasteiger partial charge in [0.1, 0.15) is 0 Å². The Morgan fingerprint density at radius 3 is 2.84 bits per heavy atom. The van der Waals surface area contributed by atoms with Crippen molar-refractivity contribution >= 4 is 23.2 Å². The van der Waals surface area contributed by atoms with E-state index in [-0.39, 0.29) is 0 Å². The van der Waals surface area contributed by atoms with Crippen LogP contribution in [0.2, 0.25) is 10.0 Å². The minimum Gasteiger partial charge on any atom is -0.349 e. The molecule has 1 unspecified atom stereocenters. The van der Waals surface area contributed by atoms with Crippen LogP contribution in [0.3, 0.4) is 0 Å². The molecule has 0 saturated heterocycles. The van der Waals surface area contributed by atoms with Gasteiger partial charge in [0.15, 0.2) is 0 Å². The van der Waals surface area contributed by atoms with Gasteiger partial charge in [-0.15, -0.1) is 0 Å². The maximum absolute atomic E-state index is 6.26. The zero-order chi connectivity index (χ0) is 13.4. The lowest BCUT2D eigenvalue weighted by molar-refractivity contribution is 0.161. The Labute approximate surface area is 123 Å². The zero-order valence-corrected chi connectivity index (χ0v) is 12.3. The molecular weight excluding hydrogens is 279 g/mol. The molecule has 0 radical (unpaired) electrons. The average molecular weight is 295 g/mol. The lowest BCUT2D eigenvalue weighted by Gasteiger charge is -2.35. The number of benzene rings is 1. The lowest BCUT2D eigenvalue weighted by atomic mass is 10.1. The zero-order valence-electron chi connectivity index (χ0n) is 10.8. The molecule has 19 heavy (non-hydrogen) atoms. The minimum absolute atomic E-state index is 0.412. The van der Waals surface area contributed by atoms with E-state index < -0.39 is 0 Å². The van der Waals surface area contributed by atoms with Gasteiger partial charge in [0, 0.05) is 47.6 Å². The summed E-state index contributed by atoms with van der Waals surface area (Å²) >= 11 is 12.2. The summed E-state index contributed by atoms with van der Waals surface area (Å²) < 4.78 is 2.32. The number of nitrogens with zero attached hydrogens (tertiary/aromatic N) is 2. The van der Waals surface area contributed by atoms with Gasteiger partial charge in [-0.3, -0.25) is 4.90 Å². The predicted molar refractivity (Wildman–Crippen MR) is 79.7 cm³/mol. The van der Waals surface area contributed by atoms with Crippen LogP contribution in [0.1, 0.15) is 24.2 Å². The number of hydrogen-bond acceptors (Lipinski definition) is 1. The number of fused-ring (bicyclic) bond motifs is 1. The van der Waals surface area contributed by atoms with Crippen molar-refractivity contribution in [3.05, 3.63) is 57.8 Å². The average Bonchev–Trinajstić information content (AvgIpc) is 2.85. The van der Waals surface area contributed by atoms with Crippen molar-refractivity contribution in [2.75, 3.05) is 6.54 Å². The fourth-order valence-corrected chi connectivity index (χ4v) is 3.18. The van der Waals surface area contributed by atoms with Crippen LogP contribution in [0.5, 0.6) is 0 Å². The van der Waals surface area contributed by atoms with Crippen LogP contribution >= 0.6 is 23.2 Å². The van der Waals surface area contributed by atoms with Crippen molar-refractivity contribution in [2.45, 2.75) is 26.1 Å². The third-order valence-electron chi connectivity index (χ3n) is 3.86. The highest BCUT2D eigenvalue weighted by Crippen LogP contribution is 2.29. The van der Waals surface area contributed by atoms with Gasteiger partial charge in [-0.05, 0) is 36.8 Å². The molecular formula is C15H16Cl2N2. The lowest BCUT2D eigenvalue weighted by Crippen LogP contribution is -2.35. The predicted octanol–water partition coefficient (Wildman–Crippen LogP) is 4.37. The molecule has 0 fully saturated rings. The molecule has 100 valence electrons. The van der Waals surface area contributed by atoms with Crippen LogP contribution in [0.4, 0.5) is 0 Å². The van der Waals surface area contributed by atoms with E-state index >= 15 is 0 Å². The smallest absolute Gasteiger partial charge is 0.0476 e. The third-order valence-corrected chi connectivity index (χ3v) is 4.44.